The van der Waals surface area contributed by atoms with Gasteiger partial charge >= 0.3 is 5.97 Å². The molecule has 7 heteroatoms. The fourth-order valence-electron chi connectivity index (χ4n) is 2.70. The lowest BCUT2D eigenvalue weighted by molar-refractivity contribution is -0.112. The van der Waals surface area contributed by atoms with E-state index in [2.05, 4.69) is 12.2 Å². The van der Waals surface area contributed by atoms with Crippen molar-refractivity contribution >= 4 is 23.6 Å². The molecule has 2 aromatic rings. The van der Waals surface area contributed by atoms with Crippen LogP contribution in [0.25, 0.3) is 6.08 Å². The number of anilines is 1. The van der Waals surface area contributed by atoms with Gasteiger partial charge in [-0.15, -0.1) is 0 Å². The van der Waals surface area contributed by atoms with E-state index < -0.39 is 11.9 Å². The summed E-state index contributed by atoms with van der Waals surface area (Å²) in [6.07, 6.45) is 3.39. The number of amides is 1. The maximum Gasteiger partial charge on any atom is 0.340 e. The first-order valence-corrected chi connectivity index (χ1v) is 10.0. The van der Waals surface area contributed by atoms with Gasteiger partial charge in [0.25, 0.3) is 5.91 Å². The molecule has 0 bridgehead atoms. The number of para-hydroxylation sites is 1. The van der Waals surface area contributed by atoms with E-state index in [4.69, 9.17) is 14.2 Å². The number of nitrogens with zero attached hydrogens (tertiary/aromatic N) is 1. The standard InChI is InChI=1S/C24H26N2O5/c1-4-6-13-31-21-12-11-17(15-22(21)29-3)14-18(16-25)23(27)26-20-10-8-7-9-19(20)24(28)30-5-2/h7-12,14-15H,4-6,13H2,1-3H3,(H,26,27)/b18-14-. The first-order chi connectivity index (χ1) is 15.0. The summed E-state index contributed by atoms with van der Waals surface area (Å²) >= 11 is 0. The van der Waals surface area contributed by atoms with Crippen LogP contribution in [0.5, 0.6) is 11.5 Å². The van der Waals surface area contributed by atoms with Crippen molar-refractivity contribution < 1.29 is 23.8 Å². The van der Waals surface area contributed by atoms with Crippen molar-refractivity contribution in [3.63, 3.8) is 0 Å². The van der Waals surface area contributed by atoms with Crippen LogP contribution < -0.4 is 14.8 Å². The predicted octanol–water partition coefficient (Wildman–Crippen LogP) is 4.60. The summed E-state index contributed by atoms with van der Waals surface area (Å²) in [6, 6.07) is 13.5. The number of benzene rings is 2. The molecule has 0 saturated carbocycles. The van der Waals surface area contributed by atoms with Crippen molar-refractivity contribution in [1.29, 1.82) is 5.26 Å². The third kappa shape index (κ3) is 6.61. The number of hydrogen-bond donors (Lipinski definition) is 1. The number of carbonyl (C=O) groups is 2. The Balaban J connectivity index is 2.23. The van der Waals surface area contributed by atoms with Gasteiger partial charge in [0, 0.05) is 0 Å². The zero-order valence-corrected chi connectivity index (χ0v) is 17.9. The van der Waals surface area contributed by atoms with Crippen molar-refractivity contribution in [1.82, 2.24) is 0 Å². The van der Waals surface area contributed by atoms with E-state index in [0.717, 1.165) is 12.8 Å². The van der Waals surface area contributed by atoms with Crippen molar-refractivity contribution in [2.75, 3.05) is 25.6 Å². The van der Waals surface area contributed by atoms with Gasteiger partial charge in [0.05, 0.1) is 31.6 Å². The normalized spacial score (nSPS) is 10.7. The smallest absolute Gasteiger partial charge is 0.340 e. The van der Waals surface area contributed by atoms with Gasteiger partial charge in [0.1, 0.15) is 11.6 Å². The van der Waals surface area contributed by atoms with Crippen LogP contribution >= 0.6 is 0 Å². The molecule has 0 aliphatic carbocycles. The molecule has 0 radical (unpaired) electrons. The van der Waals surface area contributed by atoms with Gasteiger partial charge in [0.15, 0.2) is 11.5 Å². The van der Waals surface area contributed by atoms with E-state index in [9.17, 15) is 14.9 Å². The van der Waals surface area contributed by atoms with Crippen LogP contribution in [0.2, 0.25) is 0 Å². The molecule has 7 nitrogen and oxygen atoms in total. The zero-order valence-electron chi connectivity index (χ0n) is 17.9. The molecule has 162 valence electrons. The number of rotatable bonds is 10. The molecule has 0 aliphatic rings. The van der Waals surface area contributed by atoms with E-state index in [0.29, 0.717) is 23.7 Å². The van der Waals surface area contributed by atoms with Crippen LogP contribution in [0.15, 0.2) is 48.0 Å². The maximum absolute atomic E-state index is 12.7. The van der Waals surface area contributed by atoms with Crippen LogP contribution in [0.3, 0.4) is 0 Å². The maximum atomic E-state index is 12.7. The predicted molar refractivity (Wildman–Crippen MR) is 118 cm³/mol. The minimum atomic E-state index is -0.638. The number of ether oxygens (including phenoxy) is 3. The molecule has 1 amide bonds. The molecule has 0 atom stereocenters. The second-order valence-corrected chi connectivity index (χ2v) is 6.50. The number of carbonyl (C=O) groups excluding carboxylic acids is 2. The molecule has 0 unspecified atom stereocenters. The molecule has 0 heterocycles. The molecule has 0 spiro atoms. The van der Waals surface area contributed by atoms with Crippen molar-refractivity contribution in [3.05, 3.63) is 59.2 Å². The molecule has 0 saturated heterocycles. The Morgan fingerprint density at radius 2 is 1.90 bits per heavy atom. The summed E-state index contributed by atoms with van der Waals surface area (Å²) in [5.41, 5.74) is 0.958. The number of unbranched alkanes of at least 4 members (excludes halogenated alkanes) is 1. The highest BCUT2D eigenvalue weighted by Gasteiger charge is 2.16. The Labute approximate surface area is 182 Å². The largest absolute Gasteiger partial charge is 0.493 e. The van der Waals surface area contributed by atoms with Gasteiger partial charge in [-0.3, -0.25) is 4.79 Å². The van der Waals surface area contributed by atoms with Gasteiger partial charge in [-0.25, -0.2) is 4.79 Å². The third-order valence-electron chi connectivity index (χ3n) is 4.29. The second-order valence-electron chi connectivity index (χ2n) is 6.50. The zero-order chi connectivity index (χ0) is 22.6. The number of hydrogen-bond acceptors (Lipinski definition) is 6. The average Bonchev–Trinajstić information content (AvgIpc) is 2.78. The Bertz CT molecular complexity index is 992. The molecule has 2 rings (SSSR count). The molecule has 2 aromatic carbocycles. The Kier molecular flexibility index (Phi) is 9.12. The highest BCUT2D eigenvalue weighted by atomic mass is 16.5. The highest BCUT2D eigenvalue weighted by Crippen LogP contribution is 2.29. The summed E-state index contributed by atoms with van der Waals surface area (Å²) in [4.78, 5) is 24.8. The topological polar surface area (TPSA) is 97.7 Å². The monoisotopic (exact) mass is 422 g/mol. The van der Waals surface area contributed by atoms with Crippen LogP contribution in [-0.2, 0) is 9.53 Å². The van der Waals surface area contributed by atoms with Crippen LogP contribution in [-0.4, -0.2) is 32.2 Å². The average molecular weight is 422 g/mol. The first kappa shape index (κ1) is 23.5. The van der Waals surface area contributed by atoms with E-state index in [1.54, 1.807) is 49.4 Å². The number of methoxy groups -OCH3 is 1. The SMILES string of the molecule is CCCCOc1ccc(/C=C(/C#N)C(=O)Nc2ccccc2C(=O)OCC)cc1OC. The molecule has 0 fully saturated rings. The second kappa shape index (κ2) is 12.0. The highest BCUT2D eigenvalue weighted by molar-refractivity contribution is 6.12. The molecular formula is C24H26N2O5. The molecule has 0 aliphatic heterocycles. The van der Waals surface area contributed by atoms with Crippen molar-refractivity contribution in [2.45, 2.75) is 26.7 Å². The number of nitriles is 1. The molecule has 1 N–H and O–H groups in total. The fraction of sp³-hybridized carbons (Fsp3) is 0.292. The van der Waals surface area contributed by atoms with Crippen LogP contribution in [0.4, 0.5) is 5.69 Å². The van der Waals surface area contributed by atoms with Crippen LogP contribution in [0.1, 0.15) is 42.6 Å². The fourth-order valence-corrected chi connectivity index (χ4v) is 2.70. The van der Waals surface area contributed by atoms with Crippen molar-refractivity contribution in [2.24, 2.45) is 0 Å². The quantitative estimate of drug-likeness (QED) is 0.260. The Hall–Kier alpha value is -3.79. The summed E-state index contributed by atoms with van der Waals surface area (Å²) in [5.74, 6) is -0.0830. The summed E-state index contributed by atoms with van der Waals surface area (Å²) in [7, 11) is 1.53. The summed E-state index contributed by atoms with van der Waals surface area (Å²) < 4.78 is 16.1. The minimum Gasteiger partial charge on any atom is -0.493 e. The Morgan fingerprint density at radius 1 is 1.13 bits per heavy atom. The van der Waals surface area contributed by atoms with Crippen LogP contribution in [0, 0.1) is 11.3 Å². The van der Waals surface area contributed by atoms with E-state index in [-0.39, 0.29) is 23.4 Å². The minimum absolute atomic E-state index is 0.125. The van der Waals surface area contributed by atoms with Gasteiger partial charge < -0.3 is 19.5 Å². The number of nitrogens with one attached hydrogen (secondary N) is 1. The molecule has 0 aromatic heterocycles. The lowest BCUT2D eigenvalue weighted by atomic mass is 10.1. The first-order valence-electron chi connectivity index (χ1n) is 10.0. The lowest BCUT2D eigenvalue weighted by Crippen LogP contribution is -2.17. The van der Waals surface area contributed by atoms with Gasteiger partial charge in [0.2, 0.25) is 0 Å². The summed E-state index contributed by atoms with van der Waals surface area (Å²) in [5, 5.41) is 12.1. The lowest BCUT2D eigenvalue weighted by Gasteiger charge is -2.11. The van der Waals surface area contributed by atoms with E-state index in [1.165, 1.54) is 13.2 Å². The molecule has 31 heavy (non-hydrogen) atoms. The third-order valence-corrected chi connectivity index (χ3v) is 4.29. The summed E-state index contributed by atoms with van der Waals surface area (Å²) in [6.45, 7) is 4.57. The van der Waals surface area contributed by atoms with E-state index >= 15 is 0 Å². The number of esters is 1. The van der Waals surface area contributed by atoms with Gasteiger partial charge in [-0.2, -0.15) is 5.26 Å². The molecular weight excluding hydrogens is 396 g/mol. The Morgan fingerprint density at radius 3 is 2.58 bits per heavy atom. The van der Waals surface area contributed by atoms with Crippen molar-refractivity contribution in [3.8, 4) is 17.6 Å². The van der Waals surface area contributed by atoms with Gasteiger partial charge in [-0.05, 0) is 49.2 Å². The van der Waals surface area contributed by atoms with E-state index in [1.807, 2.05) is 6.07 Å². The van der Waals surface area contributed by atoms with Gasteiger partial charge in [-0.1, -0.05) is 31.5 Å².